The van der Waals surface area contributed by atoms with Crippen molar-refractivity contribution in [1.82, 2.24) is 10.3 Å². The molecule has 0 aromatic carbocycles. The van der Waals surface area contributed by atoms with Gasteiger partial charge in [0.15, 0.2) is 0 Å². The highest BCUT2D eigenvalue weighted by Crippen LogP contribution is 2.37. The first-order valence-corrected chi connectivity index (χ1v) is 8.26. The Kier molecular flexibility index (Phi) is 5.01. The minimum atomic E-state index is 0.0999. The second-order valence-electron chi connectivity index (χ2n) is 5.85. The molecule has 3 N–H and O–H groups in total. The molecule has 4 heteroatoms. The van der Waals surface area contributed by atoms with Crippen LogP contribution in [0.15, 0.2) is 11.4 Å². The Balaban J connectivity index is 2.25. The van der Waals surface area contributed by atoms with E-state index in [4.69, 9.17) is 5.84 Å². The number of hydrogen-bond acceptors (Lipinski definition) is 4. The van der Waals surface area contributed by atoms with E-state index >= 15 is 0 Å². The molecule has 1 fully saturated rings. The van der Waals surface area contributed by atoms with Crippen LogP contribution in [0.1, 0.15) is 56.0 Å². The van der Waals surface area contributed by atoms with Crippen molar-refractivity contribution in [1.29, 1.82) is 0 Å². The summed E-state index contributed by atoms with van der Waals surface area (Å²) in [6.07, 6.45) is 5.11. The van der Waals surface area contributed by atoms with Crippen molar-refractivity contribution in [2.24, 2.45) is 5.84 Å². The fourth-order valence-electron chi connectivity index (χ4n) is 3.26. The molecule has 0 bridgehead atoms. The van der Waals surface area contributed by atoms with Gasteiger partial charge < -0.3 is 0 Å². The third-order valence-corrected chi connectivity index (χ3v) is 5.55. The molecule has 1 aliphatic rings. The highest BCUT2D eigenvalue weighted by molar-refractivity contribution is 7.10. The monoisotopic (exact) mass is 281 g/mol. The Morgan fingerprint density at radius 2 is 2.11 bits per heavy atom. The zero-order valence-electron chi connectivity index (χ0n) is 12.4. The molecule has 1 aromatic heterocycles. The maximum Gasteiger partial charge on any atom is 0.0649 e. The Morgan fingerprint density at radius 1 is 1.42 bits per heavy atom. The Bertz CT molecular complexity index is 398. The molecule has 0 spiro atoms. The van der Waals surface area contributed by atoms with Crippen LogP contribution in [-0.4, -0.2) is 23.5 Å². The van der Waals surface area contributed by atoms with Crippen molar-refractivity contribution in [2.45, 2.75) is 58.0 Å². The Labute approximate surface area is 121 Å². The van der Waals surface area contributed by atoms with Crippen molar-refractivity contribution in [2.75, 3.05) is 13.1 Å². The molecular formula is C15H27N3S. The molecule has 0 saturated carbocycles. The highest BCUT2D eigenvalue weighted by atomic mass is 32.1. The number of thiophene rings is 1. The second-order valence-corrected chi connectivity index (χ2v) is 6.96. The zero-order valence-corrected chi connectivity index (χ0v) is 13.2. The molecule has 1 saturated heterocycles. The van der Waals surface area contributed by atoms with Crippen LogP contribution in [0.25, 0.3) is 0 Å². The van der Waals surface area contributed by atoms with Crippen molar-refractivity contribution in [3.63, 3.8) is 0 Å². The topological polar surface area (TPSA) is 41.3 Å². The van der Waals surface area contributed by atoms with Gasteiger partial charge in [-0.1, -0.05) is 13.3 Å². The summed E-state index contributed by atoms with van der Waals surface area (Å²) in [4.78, 5) is 3.99. The van der Waals surface area contributed by atoms with Crippen LogP contribution >= 0.6 is 11.3 Å². The predicted molar refractivity (Wildman–Crippen MR) is 83.2 cm³/mol. The number of likely N-dealkylation sites (tertiary alicyclic amines) is 1. The molecule has 0 aliphatic carbocycles. The van der Waals surface area contributed by atoms with Crippen LogP contribution in [0.5, 0.6) is 0 Å². The van der Waals surface area contributed by atoms with E-state index in [1.54, 1.807) is 0 Å². The Hall–Kier alpha value is -0.420. The maximum atomic E-state index is 5.91. The summed E-state index contributed by atoms with van der Waals surface area (Å²) in [5.74, 6) is 5.91. The third kappa shape index (κ3) is 3.02. The van der Waals surface area contributed by atoms with E-state index < -0.39 is 0 Å². The first-order valence-electron chi connectivity index (χ1n) is 7.38. The van der Waals surface area contributed by atoms with E-state index in [1.165, 1.54) is 42.8 Å². The summed E-state index contributed by atoms with van der Waals surface area (Å²) in [6, 6.07) is 2.48. The molecular weight excluding hydrogens is 254 g/mol. The number of hydrogen-bond donors (Lipinski definition) is 2. The van der Waals surface area contributed by atoms with Crippen LogP contribution in [0.2, 0.25) is 0 Å². The number of nitrogens with two attached hydrogens (primary N) is 1. The van der Waals surface area contributed by atoms with Gasteiger partial charge in [-0.2, -0.15) is 0 Å². The van der Waals surface area contributed by atoms with Crippen molar-refractivity contribution < 1.29 is 0 Å². The van der Waals surface area contributed by atoms with Crippen LogP contribution in [0.4, 0.5) is 0 Å². The number of hydrazine groups is 1. The third-order valence-electron chi connectivity index (χ3n) is 4.67. The van der Waals surface area contributed by atoms with Crippen molar-refractivity contribution in [3.8, 4) is 0 Å². The summed E-state index contributed by atoms with van der Waals surface area (Å²) >= 11 is 1.81. The smallest absolute Gasteiger partial charge is 0.0649 e. The summed E-state index contributed by atoms with van der Waals surface area (Å²) in [6.45, 7) is 9.19. The lowest BCUT2D eigenvalue weighted by Gasteiger charge is -2.47. The zero-order chi connectivity index (χ0) is 13.9. The van der Waals surface area contributed by atoms with E-state index in [0.29, 0.717) is 0 Å². The molecule has 2 heterocycles. The normalized spacial score (nSPS) is 22.1. The van der Waals surface area contributed by atoms with Crippen molar-refractivity contribution >= 4 is 11.3 Å². The lowest BCUT2D eigenvalue weighted by atomic mass is 9.83. The van der Waals surface area contributed by atoms with Crippen LogP contribution < -0.4 is 11.3 Å². The Morgan fingerprint density at radius 3 is 2.58 bits per heavy atom. The SMILES string of the molecule is CCC(C)(C(NN)c1csc(C)c1)N1CCCCC1. The number of nitrogens with one attached hydrogen (secondary N) is 1. The molecule has 0 amide bonds. The highest BCUT2D eigenvalue weighted by Gasteiger charge is 2.39. The van der Waals surface area contributed by atoms with E-state index in [2.05, 4.69) is 42.5 Å². The van der Waals surface area contributed by atoms with Gasteiger partial charge in [0.2, 0.25) is 0 Å². The maximum absolute atomic E-state index is 5.91. The number of nitrogens with zero attached hydrogens (tertiary/aromatic N) is 1. The quantitative estimate of drug-likeness (QED) is 0.643. The summed E-state index contributed by atoms with van der Waals surface area (Å²) in [5.41, 5.74) is 4.52. The van der Waals surface area contributed by atoms with Gasteiger partial charge in [0.25, 0.3) is 0 Å². The van der Waals surface area contributed by atoms with Crippen LogP contribution in [0, 0.1) is 6.92 Å². The second kappa shape index (κ2) is 6.35. The van der Waals surface area contributed by atoms with Gasteiger partial charge in [0.1, 0.15) is 0 Å². The molecule has 2 atom stereocenters. The molecule has 3 nitrogen and oxygen atoms in total. The van der Waals surface area contributed by atoms with Gasteiger partial charge >= 0.3 is 0 Å². The number of rotatable bonds is 5. The first-order chi connectivity index (χ1) is 9.11. The van der Waals surface area contributed by atoms with Gasteiger partial charge in [-0.15, -0.1) is 11.3 Å². The van der Waals surface area contributed by atoms with Gasteiger partial charge in [0.05, 0.1) is 6.04 Å². The fraction of sp³-hybridized carbons (Fsp3) is 0.733. The predicted octanol–water partition coefficient (Wildman–Crippen LogP) is 3.22. The average Bonchev–Trinajstić information content (AvgIpc) is 2.86. The van der Waals surface area contributed by atoms with Gasteiger partial charge in [-0.3, -0.25) is 16.2 Å². The molecule has 1 aliphatic heterocycles. The molecule has 1 aromatic rings. The van der Waals surface area contributed by atoms with Gasteiger partial charge in [-0.25, -0.2) is 0 Å². The van der Waals surface area contributed by atoms with Crippen LogP contribution in [-0.2, 0) is 0 Å². The summed E-state index contributed by atoms with van der Waals surface area (Å²) in [5, 5.41) is 2.25. The summed E-state index contributed by atoms with van der Waals surface area (Å²) < 4.78 is 0. The average molecular weight is 281 g/mol. The minimum absolute atomic E-state index is 0.0999. The van der Waals surface area contributed by atoms with E-state index in [9.17, 15) is 0 Å². The van der Waals surface area contributed by atoms with E-state index in [-0.39, 0.29) is 11.6 Å². The van der Waals surface area contributed by atoms with Gasteiger partial charge in [-0.05, 0) is 63.2 Å². The molecule has 2 unspecified atom stereocenters. The fourth-order valence-corrected chi connectivity index (χ4v) is 4.00. The molecule has 19 heavy (non-hydrogen) atoms. The van der Waals surface area contributed by atoms with Crippen LogP contribution in [0.3, 0.4) is 0 Å². The largest absolute Gasteiger partial charge is 0.296 e. The molecule has 0 radical (unpaired) electrons. The minimum Gasteiger partial charge on any atom is -0.296 e. The molecule has 2 rings (SSSR count). The van der Waals surface area contributed by atoms with E-state index in [1.807, 2.05) is 11.3 Å². The first kappa shape index (κ1) is 15.0. The number of aryl methyl sites for hydroxylation is 1. The van der Waals surface area contributed by atoms with E-state index in [0.717, 1.165) is 6.42 Å². The molecule has 108 valence electrons. The lowest BCUT2D eigenvalue weighted by molar-refractivity contribution is 0.0425. The lowest BCUT2D eigenvalue weighted by Crippen LogP contribution is -2.57. The van der Waals surface area contributed by atoms with Gasteiger partial charge in [0, 0.05) is 10.4 Å². The standard InChI is InChI=1S/C15H27N3S/c1-4-15(3,18-8-6-5-7-9-18)14(17-16)13-10-12(2)19-11-13/h10-11,14,17H,4-9,16H2,1-3H3. The summed E-state index contributed by atoms with van der Waals surface area (Å²) in [7, 11) is 0. The number of piperidine rings is 1. The van der Waals surface area contributed by atoms with Crippen molar-refractivity contribution in [3.05, 3.63) is 21.9 Å².